The molecule has 0 bridgehead atoms. The molecule has 38 heavy (non-hydrogen) atoms. The number of nitrogens with zero attached hydrogens (tertiary/aromatic N) is 4. The van der Waals surface area contributed by atoms with Crippen molar-refractivity contribution in [1.82, 2.24) is 10.2 Å². The quantitative estimate of drug-likeness (QED) is 0.583. The first-order valence-electron chi connectivity index (χ1n) is 13.2. The molecule has 3 N–H and O–H groups in total. The Bertz CT molecular complexity index is 1240. The number of anilines is 2. The number of hydrogen-bond donors (Lipinski definition) is 2. The van der Waals surface area contributed by atoms with Crippen molar-refractivity contribution in [2.24, 2.45) is 10.7 Å². The van der Waals surface area contributed by atoms with E-state index in [1.165, 1.54) is 5.69 Å². The minimum Gasteiger partial charge on any atom is -0.492 e. The van der Waals surface area contributed by atoms with E-state index in [2.05, 4.69) is 56.5 Å². The SMILES string of the molecule is NC1=NC=C2C=CNC(c3ccc(OCCN4CCOCC4)cc3)=C2N1c1ccc(N2CCOCC2)cc1. The van der Waals surface area contributed by atoms with Crippen LogP contribution in [0.2, 0.25) is 0 Å². The minimum absolute atomic E-state index is 0.431. The third-order valence-corrected chi connectivity index (χ3v) is 7.20. The molecule has 9 nitrogen and oxygen atoms in total. The van der Waals surface area contributed by atoms with E-state index in [9.17, 15) is 0 Å². The predicted molar refractivity (Wildman–Crippen MR) is 150 cm³/mol. The summed E-state index contributed by atoms with van der Waals surface area (Å²) < 4.78 is 16.9. The summed E-state index contributed by atoms with van der Waals surface area (Å²) in [7, 11) is 0. The predicted octanol–water partition coefficient (Wildman–Crippen LogP) is 2.74. The lowest BCUT2D eigenvalue weighted by atomic mass is 10.0. The zero-order chi connectivity index (χ0) is 25.7. The van der Waals surface area contributed by atoms with Crippen LogP contribution in [0, 0.1) is 0 Å². The molecular weight excluding hydrogens is 480 g/mol. The highest BCUT2D eigenvalue weighted by molar-refractivity contribution is 6.03. The molecule has 4 aliphatic heterocycles. The molecule has 2 aromatic rings. The molecule has 4 heterocycles. The fourth-order valence-electron chi connectivity index (χ4n) is 5.11. The van der Waals surface area contributed by atoms with Gasteiger partial charge in [-0.3, -0.25) is 9.80 Å². The van der Waals surface area contributed by atoms with Crippen molar-refractivity contribution in [3.8, 4) is 5.75 Å². The summed E-state index contributed by atoms with van der Waals surface area (Å²) in [5.41, 5.74) is 12.6. The van der Waals surface area contributed by atoms with Gasteiger partial charge in [0.25, 0.3) is 0 Å². The van der Waals surface area contributed by atoms with E-state index in [-0.39, 0.29) is 0 Å². The van der Waals surface area contributed by atoms with Crippen LogP contribution in [-0.2, 0) is 9.47 Å². The lowest BCUT2D eigenvalue weighted by molar-refractivity contribution is 0.0322. The van der Waals surface area contributed by atoms with Gasteiger partial charge < -0.3 is 30.2 Å². The second kappa shape index (κ2) is 11.3. The van der Waals surface area contributed by atoms with Gasteiger partial charge in [0, 0.05) is 67.6 Å². The third kappa shape index (κ3) is 5.26. The van der Waals surface area contributed by atoms with Crippen LogP contribution in [0.25, 0.3) is 5.70 Å². The number of morpholine rings is 2. The second-order valence-corrected chi connectivity index (χ2v) is 9.55. The van der Waals surface area contributed by atoms with Crippen LogP contribution in [0.15, 0.2) is 83.3 Å². The van der Waals surface area contributed by atoms with Crippen LogP contribution in [0.3, 0.4) is 0 Å². The van der Waals surface area contributed by atoms with E-state index >= 15 is 0 Å². The normalized spacial score (nSPS) is 20.0. The first-order chi connectivity index (χ1) is 18.8. The molecule has 4 aliphatic rings. The summed E-state index contributed by atoms with van der Waals surface area (Å²) in [6.07, 6.45) is 5.78. The van der Waals surface area contributed by atoms with E-state index in [4.69, 9.17) is 19.9 Å². The number of rotatable bonds is 7. The highest BCUT2D eigenvalue weighted by atomic mass is 16.5. The largest absolute Gasteiger partial charge is 0.492 e. The first-order valence-corrected chi connectivity index (χ1v) is 13.2. The summed E-state index contributed by atoms with van der Waals surface area (Å²) in [6, 6.07) is 16.7. The number of allylic oxidation sites excluding steroid dienone is 1. The molecule has 0 amide bonds. The monoisotopic (exact) mass is 514 g/mol. The Morgan fingerprint density at radius 3 is 2.29 bits per heavy atom. The number of dihydropyridines is 1. The highest BCUT2D eigenvalue weighted by Crippen LogP contribution is 2.35. The maximum atomic E-state index is 6.47. The summed E-state index contributed by atoms with van der Waals surface area (Å²) in [4.78, 5) is 11.2. The van der Waals surface area contributed by atoms with Gasteiger partial charge in [-0.1, -0.05) is 0 Å². The van der Waals surface area contributed by atoms with Gasteiger partial charge in [-0.15, -0.1) is 0 Å². The van der Waals surface area contributed by atoms with Crippen molar-refractivity contribution in [1.29, 1.82) is 0 Å². The molecule has 9 heteroatoms. The van der Waals surface area contributed by atoms with Gasteiger partial charge in [-0.05, 0) is 54.6 Å². The topological polar surface area (TPSA) is 87.8 Å². The van der Waals surface area contributed by atoms with Gasteiger partial charge in [0.2, 0.25) is 5.96 Å². The maximum Gasteiger partial charge on any atom is 0.205 e. The maximum absolute atomic E-state index is 6.47. The number of benzene rings is 2. The van der Waals surface area contributed by atoms with Gasteiger partial charge in [-0.2, -0.15) is 0 Å². The van der Waals surface area contributed by atoms with Gasteiger partial charge in [0.05, 0.1) is 37.8 Å². The van der Waals surface area contributed by atoms with Crippen molar-refractivity contribution in [3.63, 3.8) is 0 Å². The van der Waals surface area contributed by atoms with Gasteiger partial charge in [0.15, 0.2) is 0 Å². The van der Waals surface area contributed by atoms with Crippen molar-refractivity contribution in [2.75, 3.05) is 75.6 Å². The minimum atomic E-state index is 0.431. The number of guanidine groups is 1. The molecule has 2 fully saturated rings. The van der Waals surface area contributed by atoms with Crippen LogP contribution < -0.4 is 25.6 Å². The van der Waals surface area contributed by atoms with Crippen molar-refractivity contribution < 1.29 is 14.2 Å². The number of aliphatic imine (C=N–C) groups is 1. The lowest BCUT2D eigenvalue weighted by Crippen LogP contribution is -2.41. The molecule has 0 spiro atoms. The number of fused-ring (bicyclic) bond motifs is 1. The van der Waals surface area contributed by atoms with E-state index in [1.807, 2.05) is 35.5 Å². The average Bonchev–Trinajstić information content (AvgIpc) is 2.98. The zero-order valence-electron chi connectivity index (χ0n) is 21.5. The average molecular weight is 515 g/mol. The van der Waals surface area contributed by atoms with Crippen molar-refractivity contribution in [3.05, 3.63) is 83.8 Å². The number of nitrogens with one attached hydrogen (secondary N) is 1. The van der Waals surface area contributed by atoms with Gasteiger partial charge >= 0.3 is 0 Å². The molecule has 0 aliphatic carbocycles. The van der Waals surface area contributed by atoms with Crippen LogP contribution in [0.1, 0.15) is 5.56 Å². The highest BCUT2D eigenvalue weighted by Gasteiger charge is 2.28. The van der Waals surface area contributed by atoms with E-state index in [1.54, 1.807) is 0 Å². The summed E-state index contributed by atoms with van der Waals surface area (Å²) >= 11 is 0. The molecule has 0 unspecified atom stereocenters. The molecule has 2 aromatic carbocycles. The third-order valence-electron chi connectivity index (χ3n) is 7.20. The summed E-state index contributed by atoms with van der Waals surface area (Å²) in [5, 5.41) is 3.45. The molecule has 0 aromatic heterocycles. The van der Waals surface area contributed by atoms with E-state index in [0.29, 0.717) is 12.6 Å². The number of hydrogen-bond acceptors (Lipinski definition) is 9. The Hall–Kier alpha value is -3.79. The molecule has 0 radical (unpaired) electrons. The Labute approximate surface area is 223 Å². The van der Waals surface area contributed by atoms with E-state index < -0.39 is 0 Å². The van der Waals surface area contributed by atoms with Crippen molar-refractivity contribution >= 4 is 23.0 Å². The Balaban J connectivity index is 1.22. The van der Waals surface area contributed by atoms with Crippen molar-refractivity contribution in [2.45, 2.75) is 0 Å². The first kappa shape index (κ1) is 24.5. The summed E-state index contributed by atoms with van der Waals surface area (Å²) in [5.74, 6) is 1.29. The lowest BCUT2D eigenvalue weighted by Gasteiger charge is -2.34. The van der Waals surface area contributed by atoms with E-state index in [0.717, 1.165) is 93.1 Å². The zero-order valence-corrected chi connectivity index (χ0v) is 21.5. The second-order valence-electron chi connectivity index (χ2n) is 9.55. The number of ether oxygens (including phenoxy) is 3. The number of nitrogens with two attached hydrogens (primary N) is 1. The molecule has 0 atom stereocenters. The van der Waals surface area contributed by atoms with Crippen LogP contribution in [0.5, 0.6) is 5.75 Å². The van der Waals surface area contributed by atoms with Gasteiger partial charge in [0.1, 0.15) is 12.4 Å². The Morgan fingerprint density at radius 1 is 0.868 bits per heavy atom. The summed E-state index contributed by atoms with van der Waals surface area (Å²) in [6.45, 7) is 8.40. The molecular formula is C29H34N6O3. The standard InChI is InChI=1S/C29H34N6O3/c30-29-32-21-23-9-10-31-27(22-1-7-26(8-2-22)38-20-13-33-11-16-36-17-12-33)28(23)35(29)25-5-3-24(4-6-25)34-14-18-37-19-15-34/h1-10,21,31H,11-20H2,(H2,30,32). The van der Waals surface area contributed by atoms with Crippen LogP contribution in [0.4, 0.5) is 11.4 Å². The smallest absolute Gasteiger partial charge is 0.205 e. The molecule has 2 saturated heterocycles. The fraction of sp³-hybridized carbons (Fsp3) is 0.345. The Morgan fingerprint density at radius 2 is 1.55 bits per heavy atom. The molecule has 0 saturated carbocycles. The van der Waals surface area contributed by atoms with Crippen LogP contribution in [-0.4, -0.2) is 76.6 Å². The fourth-order valence-corrected chi connectivity index (χ4v) is 5.11. The van der Waals surface area contributed by atoms with Gasteiger partial charge in [-0.25, -0.2) is 4.99 Å². The Kier molecular flexibility index (Phi) is 7.30. The van der Waals surface area contributed by atoms with Crippen LogP contribution >= 0.6 is 0 Å². The molecule has 198 valence electrons. The molecule has 6 rings (SSSR count).